The zero-order valence-corrected chi connectivity index (χ0v) is 16.7. The molecule has 0 spiro atoms. The third-order valence-corrected chi connectivity index (χ3v) is 5.57. The second-order valence-corrected chi connectivity index (χ2v) is 7.50. The number of carbonyl (C=O) groups excluding carboxylic acids is 1. The predicted octanol–water partition coefficient (Wildman–Crippen LogP) is 3.32. The molecule has 1 aliphatic heterocycles. The smallest absolute Gasteiger partial charge is 0.234 e. The van der Waals surface area contributed by atoms with E-state index in [-0.39, 0.29) is 17.9 Å². The van der Waals surface area contributed by atoms with Crippen LogP contribution in [-0.4, -0.2) is 42.7 Å². The number of rotatable bonds is 7. The zero-order valence-electron chi connectivity index (χ0n) is 16.7. The number of aliphatic hydroxyl groups is 1. The fraction of sp³-hybridized carbons (Fsp3) is 0.435. The summed E-state index contributed by atoms with van der Waals surface area (Å²) in [5.74, 6) is 1.04. The number of benzene rings is 2. The van der Waals surface area contributed by atoms with Crippen LogP contribution in [-0.2, 0) is 4.79 Å². The fourth-order valence-electron chi connectivity index (χ4n) is 3.94. The van der Waals surface area contributed by atoms with Crippen LogP contribution in [0.4, 0.5) is 0 Å². The quantitative estimate of drug-likeness (QED) is 0.771. The van der Waals surface area contributed by atoms with Crippen LogP contribution in [0.2, 0.25) is 0 Å². The summed E-state index contributed by atoms with van der Waals surface area (Å²) in [4.78, 5) is 14.7. The summed E-state index contributed by atoms with van der Waals surface area (Å²) >= 11 is 0. The van der Waals surface area contributed by atoms with Gasteiger partial charge in [0.1, 0.15) is 5.75 Å². The molecule has 2 aromatic carbocycles. The van der Waals surface area contributed by atoms with E-state index in [1.165, 1.54) is 0 Å². The molecule has 1 saturated heterocycles. The highest BCUT2D eigenvalue weighted by Gasteiger charge is 2.27. The van der Waals surface area contributed by atoms with Crippen molar-refractivity contribution in [3.05, 3.63) is 65.7 Å². The molecule has 2 N–H and O–H groups in total. The molecule has 0 aromatic heterocycles. The highest BCUT2D eigenvalue weighted by atomic mass is 16.5. The Kier molecular flexibility index (Phi) is 7.06. The molecule has 5 heteroatoms. The number of ether oxygens (including phenoxy) is 1. The Morgan fingerprint density at radius 1 is 1.14 bits per heavy atom. The third-order valence-electron chi connectivity index (χ3n) is 5.57. The maximum atomic E-state index is 12.5. The highest BCUT2D eigenvalue weighted by molar-refractivity contribution is 5.78. The SMILES string of the molecule is COc1ccccc1C(C)NC(=O)CN1CCC(C(O)c2ccccc2)CC1. The molecule has 0 aliphatic carbocycles. The lowest BCUT2D eigenvalue weighted by molar-refractivity contribution is -0.123. The van der Waals surface area contributed by atoms with Crippen LogP contribution in [0, 0.1) is 5.92 Å². The van der Waals surface area contributed by atoms with E-state index in [1.807, 2.05) is 61.5 Å². The lowest BCUT2D eigenvalue weighted by Gasteiger charge is -2.34. The molecule has 0 radical (unpaired) electrons. The molecule has 1 amide bonds. The summed E-state index contributed by atoms with van der Waals surface area (Å²) < 4.78 is 5.38. The standard InChI is InChI=1S/C23H30N2O3/c1-17(20-10-6-7-11-21(20)28-2)24-22(26)16-25-14-12-19(13-15-25)23(27)18-8-4-3-5-9-18/h3-11,17,19,23,27H,12-16H2,1-2H3,(H,24,26). The summed E-state index contributed by atoms with van der Waals surface area (Å²) in [6.45, 7) is 4.00. The lowest BCUT2D eigenvalue weighted by Crippen LogP contribution is -2.42. The molecule has 0 bridgehead atoms. The van der Waals surface area contributed by atoms with E-state index in [9.17, 15) is 9.90 Å². The number of carbonyl (C=O) groups is 1. The van der Waals surface area contributed by atoms with E-state index in [1.54, 1.807) is 7.11 Å². The van der Waals surface area contributed by atoms with Crippen LogP contribution in [0.1, 0.15) is 43.0 Å². The van der Waals surface area contributed by atoms with Gasteiger partial charge in [0.05, 0.1) is 25.8 Å². The number of nitrogens with zero attached hydrogens (tertiary/aromatic N) is 1. The molecule has 2 aromatic rings. The van der Waals surface area contributed by atoms with Gasteiger partial charge in [-0.1, -0.05) is 48.5 Å². The van der Waals surface area contributed by atoms with Crippen molar-refractivity contribution in [1.29, 1.82) is 0 Å². The average Bonchev–Trinajstić information content (AvgIpc) is 2.74. The minimum absolute atomic E-state index is 0.0143. The third kappa shape index (κ3) is 5.12. The molecule has 1 heterocycles. The first kappa shape index (κ1) is 20.4. The Morgan fingerprint density at radius 3 is 2.46 bits per heavy atom. The van der Waals surface area contributed by atoms with Gasteiger partial charge in [0.15, 0.2) is 0 Å². The Morgan fingerprint density at radius 2 is 1.79 bits per heavy atom. The number of hydrogen-bond donors (Lipinski definition) is 2. The van der Waals surface area contributed by atoms with E-state index < -0.39 is 6.10 Å². The molecule has 3 rings (SSSR count). The second-order valence-electron chi connectivity index (χ2n) is 7.50. The number of methoxy groups -OCH3 is 1. The number of piperidine rings is 1. The Labute approximate surface area is 167 Å². The number of nitrogens with one attached hydrogen (secondary N) is 1. The van der Waals surface area contributed by atoms with Gasteiger partial charge in [-0.2, -0.15) is 0 Å². The first-order chi connectivity index (χ1) is 13.6. The van der Waals surface area contributed by atoms with Crippen molar-refractivity contribution >= 4 is 5.91 Å². The highest BCUT2D eigenvalue weighted by Crippen LogP contribution is 2.30. The Hall–Kier alpha value is -2.37. The Bertz CT molecular complexity index is 757. The van der Waals surface area contributed by atoms with Crippen molar-refractivity contribution in [1.82, 2.24) is 10.2 Å². The van der Waals surface area contributed by atoms with Gasteiger partial charge < -0.3 is 15.2 Å². The van der Waals surface area contributed by atoms with Gasteiger partial charge >= 0.3 is 0 Å². The molecule has 2 atom stereocenters. The van der Waals surface area contributed by atoms with Crippen molar-refractivity contribution in [2.45, 2.75) is 31.9 Å². The van der Waals surface area contributed by atoms with E-state index in [0.717, 1.165) is 42.8 Å². The van der Waals surface area contributed by atoms with Gasteiger partial charge in [0, 0.05) is 5.56 Å². The first-order valence-corrected chi connectivity index (χ1v) is 9.96. The summed E-state index contributed by atoms with van der Waals surface area (Å²) in [5.41, 5.74) is 1.95. The first-order valence-electron chi connectivity index (χ1n) is 9.96. The predicted molar refractivity (Wildman–Crippen MR) is 110 cm³/mol. The molecule has 2 unspecified atom stereocenters. The maximum absolute atomic E-state index is 12.5. The van der Waals surface area contributed by atoms with Gasteiger partial charge in [-0.3, -0.25) is 9.69 Å². The largest absolute Gasteiger partial charge is 0.496 e. The van der Waals surface area contributed by atoms with Crippen LogP contribution in [0.15, 0.2) is 54.6 Å². The zero-order chi connectivity index (χ0) is 19.9. The number of hydrogen-bond acceptors (Lipinski definition) is 4. The van der Waals surface area contributed by atoms with Crippen LogP contribution >= 0.6 is 0 Å². The molecular weight excluding hydrogens is 352 g/mol. The summed E-state index contributed by atoms with van der Waals surface area (Å²) in [6, 6.07) is 17.5. The molecule has 5 nitrogen and oxygen atoms in total. The van der Waals surface area contributed by atoms with Crippen molar-refractivity contribution < 1.29 is 14.6 Å². The van der Waals surface area contributed by atoms with Crippen molar-refractivity contribution in [2.24, 2.45) is 5.92 Å². The van der Waals surface area contributed by atoms with Crippen LogP contribution < -0.4 is 10.1 Å². The van der Waals surface area contributed by atoms with Crippen LogP contribution in [0.25, 0.3) is 0 Å². The minimum atomic E-state index is -0.428. The molecular formula is C23H30N2O3. The number of para-hydroxylation sites is 1. The van der Waals surface area contributed by atoms with Crippen molar-refractivity contribution in [2.75, 3.05) is 26.7 Å². The Balaban J connectivity index is 1.47. The van der Waals surface area contributed by atoms with E-state index in [2.05, 4.69) is 10.2 Å². The molecule has 28 heavy (non-hydrogen) atoms. The molecule has 150 valence electrons. The van der Waals surface area contributed by atoms with Gasteiger partial charge in [0.2, 0.25) is 5.91 Å². The van der Waals surface area contributed by atoms with Gasteiger partial charge in [-0.25, -0.2) is 0 Å². The molecule has 0 saturated carbocycles. The fourth-order valence-corrected chi connectivity index (χ4v) is 3.94. The van der Waals surface area contributed by atoms with Crippen LogP contribution in [0.3, 0.4) is 0 Å². The second kappa shape index (κ2) is 9.71. The summed E-state index contributed by atoms with van der Waals surface area (Å²) in [6.07, 6.45) is 1.36. The van der Waals surface area contributed by atoms with E-state index in [4.69, 9.17) is 4.74 Å². The van der Waals surface area contributed by atoms with Crippen LogP contribution in [0.5, 0.6) is 5.75 Å². The summed E-state index contributed by atoms with van der Waals surface area (Å²) in [5, 5.41) is 13.7. The normalized spacial score (nSPS) is 17.7. The molecule has 1 aliphatic rings. The van der Waals surface area contributed by atoms with Gasteiger partial charge in [0.25, 0.3) is 0 Å². The number of likely N-dealkylation sites (tertiary alicyclic amines) is 1. The lowest BCUT2D eigenvalue weighted by atomic mass is 9.87. The molecule has 1 fully saturated rings. The van der Waals surface area contributed by atoms with Crippen molar-refractivity contribution in [3.8, 4) is 5.75 Å². The number of aliphatic hydroxyl groups excluding tert-OH is 1. The maximum Gasteiger partial charge on any atom is 0.234 e. The van der Waals surface area contributed by atoms with E-state index in [0.29, 0.717) is 6.54 Å². The average molecular weight is 383 g/mol. The van der Waals surface area contributed by atoms with Gasteiger partial charge in [-0.15, -0.1) is 0 Å². The summed E-state index contributed by atoms with van der Waals surface area (Å²) in [7, 11) is 1.64. The topological polar surface area (TPSA) is 61.8 Å². The minimum Gasteiger partial charge on any atom is -0.496 e. The number of amides is 1. The van der Waals surface area contributed by atoms with E-state index >= 15 is 0 Å². The van der Waals surface area contributed by atoms with Gasteiger partial charge in [-0.05, 0) is 50.4 Å². The van der Waals surface area contributed by atoms with Crippen molar-refractivity contribution in [3.63, 3.8) is 0 Å². The monoisotopic (exact) mass is 382 g/mol.